The Morgan fingerprint density at radius 3 is 2.60 bits per heavy atom. The molecule has 2 aromatic rings. The van der Waals surface area contributed by atoms with Gasteiger partial charge in [0.15, 0.2) is 11.6 Å². The largest absolute Gasteiger partial charge is 0.348 e. The number of carbonyl (C=O) groups is 1. The second kappa shape index (κ2) is 6.13. The van der Waals surface area contributed by atoms with Gasteiger partial charge >= 0.3 is 0 Å². The number of hydrogen-bond donors (Lipinski definition) is 1. The fourth-order valence-electron chi connectivity index (χ4n) is 1.74. The Bertz CT molecular complexity index is 658. The van der Waals surface area contributed by atoms with E-state index in [1.165, 1.54) is 6.07 Å². The number of hydrogen-bond acceptors (Lipinski definition) is 1. The lowest BCUT2D eigenvalue weighted by molar-refractivity contribution is 0.0950. The van der Waals surface area contributed by atoms with Crippen molar-refractivity contribution in [3.8, 4) is 0 Å². The van der Waals surface area contributed by atoms with Crippen molar-refractivity contribution in [2.24, 2.45) is 0 Å². The van der Waals surface area contributed by atoms with Crippen molar-refractivity contribution < 1.29 is 13.6 Å². The maximum Gasteiger partial charge on any atom is 0.252 e. The summed E-state index contributed by atoms with van der Waals surface area (Å²) >= 11 is 3.31. The van der Waals surface area contributed by atoms with Gasteiger partial charge in [-0.05, 0) is 52.7 Å². The van der Waals surface area contributed by atoms with Crippen LogP contribution < -0.4 is 5.32 Å². The number of aryl methyl sites for hydroxylation is 1. The quantitative estimate of drug-likeness (QED) is 0.900. The highest BCUT2D eigenvalue weighted by Crippen LogP contribution is 2.18. The Balaban J connectivity index is 2.08. The molecule has 0 spiro atoms. The summed E-state index contributed by atoms with van der Waals surface area (Å²) in [5.41, 5.74) is 1.97. The molecule has 0 radical (unpaired) electrons. The molecule has 0 aliphatic heterocycles. The molecule has 0 unspecified atom stereocenters. The monoisotopic (exact) mass is 339 g/mol. The first-order valence-electron chi connectivity index (χ1n) is 5.95. The molecule has 2 aromatic carbocycles. The summed E-state index contributed by atoms with van der Waals surface area (Å²) in [7, 11) is 0. The van der Waals surface area contributed by atoms with Crippen LogP contribution in [0, 0.1) is 18.6 Å². The van der Waals surface area contributed by atoms with Crippen LogP contribution >= 0.6 is 15.9 Å². The smallest absolute Gasteiger partial charge is 0.252 e. The molecule has 1 N–H and O–H groups in total. The molecule has 0 atom stereocenters. The van der Waals surface area contributed by atoms with E-state index in [0.29, 0.717) is 15.6 Å². The third kappa shape index (κ3) is 3.42. The van der Waals surface area contributed by atoms with Gasteiger partial charge in [0.2, 0.25) is 0 Å². The Labute approximate surface area is 123 Å². The predicted octanol–water partition coefficient (Wildman–Crippen LogP) is 3.97. The van der Waals surface area contributed by atoms with E-state index in [1.807, 2.05) is 13.0 Å². The van der Waals surface area contributed by atoms with E-state index in [-0.39, 0.29) is 12.5 Å². The van der Waals surface area contributed by atoms with Gasteiger partial charge < -0.3 is 5.32 Å². The minimum Gasteiger partial charge on any atom is -0.348 e. The second-order valence-corrected chi connectivity index (χ2v) is 5.27. The predicted molar refractivity (Wildman–Crippen MR) is 76.4 cm³/mol. The summed E-state index contributed by atoms with van der Waals surface area (Å²) in [5.74, 6) is -2.10. The van der Waals surface area contributed by atoms with E-state index in [2.05, 4.69) is 21.2 Å². The first-order valence-corrected chi connectivity index (χ1v) is 6.75. The van der Waals surface area contributed by atoms with Crippen molar-refractivity contribution in [3.05, 3.63) is 69.2 Å². The average molecular weight is 340 g/mol. The number of benzene rings is 2. The molecule has 0 aliphatic rings. The highest BCUT2D eigenvalue weighted by atomic mass is 79.9. The molecule has 0 saturated heterocycles. The van der Waals surface area contributed by atoms with Gasteiger partial charge in [-0.3, -0.25) is 4.79 Å². The van der Waals surface area contributed by atoms with E-state index in [9.17, 15) is 13.6 Å². The molecule has 104 valence electrons. The van der Waals surface area contributed by atoms with Crippen LogP contribution in [-0.2, 0) is 6.54 Å². The van der Waals surface area contributed by atoms with E-state index < -0.39 is 11.6 Å². The van der Waals surface area contributed by atoms with Gasteiger partial charge in [0.05, 0.1) is 5.56 Å². The zero-order valence-corrected chi connectivity index (χ0v) is 12.3. The van der Waals surface area contributed by atoms with E-state index in [1.54, 1.807) is 12.1 Å². The van der Waals surface area contributed by atoms with Crippen molar-refractivity contribution in [1.29, 1.82) is 0 Å². The zero-order chi connectivity index (χ0) is 14.7. The van der Waals surface area contributed by atoms with Crippen LogP contribution in [0.4, 0.5) is 8.78 Å². The van der Waals surface area contributed by atoms with Crippen LogP contribution in [0.15, 0.2) is 40.9 Å². The fourth-order valence-corrected chi connectivity index (χ4v) is 2.17. The Hall–Kier alpha value is -1.75. The standard InChI is InChI=1S/C15H12BrF2NO/c1-9-2-4-12(16)11(6-9)15(20)19-8-10-3-5-13(17)14(18)7-10/h2-7H,8H2,1H3,(H,19,20). The first-order chi connectivity index (χ1) is 9.47. The Morgan fingerprint density at radius 2 is 1.90 bits per heavy atom. The molecule has 0 bridgehead atoms. The first kappa shape index (κ1) is 14.7. The maximum atomic E-state index is 13.0. The number of carbonyl (C=O) groups excluding carboxylic acids is 1. The minimum atomic E-state index is -0.923. The molecular weight excluding hydrogens is 328 g/mol. The zero-order valence-electron chi connectivity index (χ0n) is 10.7. The van der Waals surface area contributed by atoms with E-state index in [4.69, 9.17) is 0 Å². The highest BCUT2D eigenvalue weighted by molar-refractivity contribution is 9.10. The number of halogens is 3. The number of rotatable bonds is 3. The lowest BCUT2D eigenvalue weighted by Crippen LogP contribution is -2.23. The van der Waals surface area contributed by atoms with E-state index >= 15 is 0 Å². The van der Waals surface area contributed by atoms with Crippen molar-refractivity contribution in [2.45, 2.75) is 13.5 Å². The molecule has 0 aromatic heterocycles. The lowest BCUT2D eigenvalue weighted by Gasteiger charge is -2.08. The SMILES string of the molecule is Cc1ccc(Br)c(C(=O)NCc2ccc(F)c(F)c2)c1. The minimum absolute atomic E-state index is 0.135. The molecule has 0 saturated carbocycles. The van der Waals surface area contributed by atoms with Crippen LogP contribution in [-0.4, -0.2) is 5.91 Å². The summed E-state index contributed by atoms with van der Waals surface area (Å²) in [5, 5.41) is 2.67. The van der Waals surface area contributed by atoms with Crippen LogP contribution in [0.1, 0.15) is 21.5 Å². The molecule has 0 heterocycles. The summed E-state index contributed by atoms with van der Waals surface area (Å²) in [4.78, 5) is 12.0. The van der Waals surface area contributed by atoms with Gasteiger partial charge in [0.1, 0.15) is 0 Å². The average Bonchev–Trinajstić information content (AvgIpc) is 2.42. The summed E-state index contributed by atoms with van der Waals surface area (Å²) in [6, 6.07) is 8.98. The van der Waals surface area contributed by atoms with Crippen molar-refractivity contribution in [1.82, 2.24) is 5.32 Å². The van der Waals surface area contributed by atoms with Crippen LogP contribution in [0.3, 0.4) is 0 Å². The van der Waals surface area contributed by atoms with Crippen molar-refractivity contribution in [2.75, 3.05) is 0 Å². The molecule has 2 rings (SSSR count). The highest BCUT2D eigenvalue weighted by Gasteiger charge is 2.10. The van der Waals surface area contributed by atoms with Gasteiger partial charge in [0, 0.05) is 11.0 Å². The summed E-state index contributed by atoms with van der Waals surface area (Å²) < 4.78 is 26.5. The van der Waals surface area contributed by atoms with Gasteiger partial charge in [-0.25, -0.2) is 8.78 Å². The molecule has 0 aliphatic carbocycles. The number of amides is 1. The second-order valence-electron chi connectivity index (χ2n) is 4.41. The number of nitrogens with one attached hydrogen (secondary N) is 1. The van der Waals surface area contributed by atoms with Gasteiger partial charge in [-0.1, -0.05) is 17.7 Å². The maximum absolute atomic E-state index is 13.0. The topological polar surface area (TPSA) is 29.1 Å². The van der Waals surface area contributed by atoms with Crippen molar-refractivity contribution in [3.63, 3.8) is 0 Å². The molecular formula is C15H12BrF2NO. The van der Waals surface area contributed by atoms with Gasteiger partial charge in [-0.15, -0.1) is 0 Å². The van der Waals surface area contributed by atoms with Crippen LogP contribution in [0.2, 0.25) is 0 Å². The van der Waals surface area contributed by atoms with Crippen molar-refractivity contribution >= 4 is 21.8 Å². The van der Waals surface area contributed by atoms with Crippen LogP contribution in [0.5, 0.6) is 0 Å². The summed E-state index contributed by atoms with van der Waals surface area (Å²) in [6.45, 7) is 2.02. The normalized spacial score (nSPS) is 10.4. The molecule has 20 heavy (non-hydrogen) atoms. The Morgan fingerprint density at radius 1 is 1.15 bits per heavy atom. The molecule has 1 amide bonds. The summed E-state index contributed by atoms with van der Waals surface area (Å²) in [6.07, 6.45) is 0. The molecule has 0 fully saturated rings. The van der Waals surface area contributed by atoms with Crippen LogP contribution in [0.25, 0.3) is 0 Å². The van der Waals surface area contributed by atoms with E-state index in [0.717, 1.165) is 17.7 Å². The van der Waals surface area contributed by atoms with Gasteiger partial charge in [-0.2, -0.15) is 0 Å². The molecule has 2 nitrogen and oxygen atoms in total. The molecule has 5 heteroatoms. The fraction of sp³-hybridized carbons (Fsp3) is 0.133. The third-order valence-corrected chi connectivity index (χ3v) is 3.50. The third-order valence-electron chi connectivity index (χ3n) is 2.80. The Kier molecular flexibility index (Phi) is 4.49. The lowest BCUT2D eigenvalue weighted by atomic mass is 10.1. The van der Waals surface area contributed by atoms with Gasteiger partial charge in [0.25, 0.3) is 5.91 Å².